The van der Waals surface area contributed by atoms with E-state index >= 15 is 0 Å². The summed E-state index contributed by atoms with van der Waals surface area (Å²) in [5.41, 5.74) is 13.3. The summed E-state index contributed by atoms with van der Waals surface area (Å²) in [4.78, 5) is 14.7. The van der Waals surface area contributed by atoms with Gasteiger partial charge in [-0.25, -0.2) is 0 Å². The van der Waals surface area contributed by atoms with Gasteiger partial charge in [-0.15, -0.1) is 0 Å². The number of benzene rings is 1. The Hall–Kier alpha value is -1.71. The lowest BCUT2D eigenvalue weighted by atomic mass is 9.91. The summed E-state index contributed by atoms with van der Waals surface area (Å²) in [6.45, 7) is 0.865. The van der Waals surface area contributed by atoms with Crippen LogP contribution in [0.4, 0.5) is 11.4 Å². The van der Waals surface area contributed by atoms with Crippen molar-refractivity contribution in [1.82, 2.24) is 4.90 Å². The number of nitrogens with zero attached hydrogens (tertiary/aromatic N) is 1. The summed E-state index contributed by atoms with van der Waals surface area (Å²) in [6, 6.07) is 5.60. The van der Waals surface area contributed by atoms with Gasteiger partial charge in [0.25, 0.3) is 5.91 Å². The third kappa shape index (κ3) is 2.15. The largest absolute Gasteiger partial charge is 0.399 e. The molecule has 0 spiro atoms. The average molecular weight is 259 g/mol. The van der Waals surface area contributed by atoms with Gasteiger partial charge in [-0.05, 0) is 49.8 Å². The number of piperidine rings is 1. The molecule has 102 valence electrons. The summed E-state index contributed by atoms with van der Waals surface area (Å²) in [5, 5.41) is 0. The minimum absolute atomic E-state index is 0.0779. The lowest BCUT2D eigenvalue weighted by Gasteiger charge is -2.38. The summed E-state index contributed by atoms with van der Waals surface area (Å²) in [5.74, 6) is 0.779. The first kappa shape index (κ1) is 12.3. The summed E-state index contributed by atoms with van der Waals surface area (Å²) in [7, 11) is 0. The number of hydrogen-bond acceptors (Lipinski definition) is 3. The second kappa shape index (κ2) is 4.76. The van der Waals surface area contributed by atoms with Crippen molar-refractivity contribution in [1.29, 1.82) is 0 Å². The summed E-state index contributed by atoms with van der Waals surface area (Å²) >= 11 is 0. The number of likely N-dealkylation sites (tertiary alicyclic amines) is 1. The zero-order valence-electron chi connectivity index (χ0n) is 11.1. The molecule has 1 aliphatic carbocycles. The van der Waals surface area contributed by atoms with Crippen molar-refractivity contribution in [2.24, 2.45) is 5.92 Å². The Morgan fingerprint density at radius 2 is 1.95 bits per heavy atom. The minimum Gasteiger partial charge on any atom is -0.399 e. The molecular formula is C15H21N3O. The summed E-state index contributed by atoms with van der Waals surface area (Å²) in [6.07, 6.45) is 6.04. The normalized spacial score (nSPS) is 26.2. The average Bonchev–Trinajstić information content (AvgIpc) is 2.86. The highest BCUT2D eigenvalue weighted by molar-refractivity contribution is 6.00. The van der Waals surface area contributed by atoms with E-state index in [9.17, 15) is 4.79 Å². The Labute approximate surface area is 113 Å². The molecule has 0 bridgehead atoms. The Kier molecular flexibility index (Phi) is 3.09. The zero-order chi connectivity index (χ0) is 13.4. The van der Waals surface area contributed by atoms with Crippen molar-refractivity contribution in [3.63, 3.8) is 0 Å². The second-order valence-electron chi connectivity index (χ2n) is 5.75. The van der Waals surface area contributed by atoms with E-state index in [0.29, 0.717) is 28.9 Å². The van der Waals surface area contributed by atoms with Crippen molar-refractivity contribution in [2.75, 3.05) is 18.0 Å². The number of carbonyl (C=O) groups excluding carboxylic acids is 1. The van der Waals surface area contributed by atoms with E-state index in [4.69, 9.17) is 11.5 Å². The predicted octanol–water partition coefficient (Wildman–Crippen LogP) is 2.26. The Morgan fingerprint density at radius 3 is 2.74 bits per heavy atom. The van der Waals surface area contributed by atoms with E-state index in [1.54, 1.807) is 18.2 Å². The molecule has 1 amide bonds. The standard InChI is InChI=1S/C15H21N3O/c16-11-6-7-12(13(17)9-11)15(19)18-8-2-4-10-3-1-5-14(10)18/h6-7,9-10,14H,1-5,8,16-17H2. The van der Waals surface area contributed by atoms with Crippen LogP contribution in [-0.2, 0) is 0 Å². The van der Waals surface area contributed by atoms with E-state index in [1.165, 1.54) is 19.3 Å². The van der Waals surface area contributed by atoms with Gasteiger partial charge in [-0.1, -0.05) is 6.42 Å². The van der Waals surface area contributed by atoms with Gasteiger partial charge in [0.15, 0.2) is 0 Å². The molecule has 0 radical (unpaired) electrons. The van der Waals surface area contributed by atoms with Crippen LogP contribution in [0, 0.1) is 5.92 Å². The molecule has 3 rings (SSSR count). The fourth-order valence-electron chi connectivity index (χ4n) is 3.64. The number of nitrogen functional groups attached to an aromatic ring is 2. The van der Waals surface area contributed by atoms with E-state index in [1.807, 2.05) is 4.90 Å². The van der Waals surface area contributed by atoms with Crippen LogP contribution in [-0.4, -0.2) is 23.4 Å². The molecule has 4 nitrogen and oxygen atoms in total. The van der Waals surface area contributed by atoms with Crippen LogP contribution in [0.1, 0.15) is 42.5 Å². The van der Waals surface area contributed by atoms with Gasteiger partial charge in [0.2, 0.25) is 0 Å². The number of hydrogen-bond donors (Lipinski definition) is 2. The Morgan fingerprint density at radius 1 is 1.16 bits per heavy atom. The molecule has 1 heterocycles. The van der Waals surface area contributed by atoms with E-state index < -0.39 is 0 Å². The van der Waals surface area contributed by atoms with Crippen molar-refractivity contribution >= 4 is 17.3 Å². The van der Waals surface area contributed by atoms with Crippen LogP contribution in [0.15, 0.2) is 18.2 Å². The Balaban J connectivity index is 1.86. The van der Waals surface area contributed by atoms with E-state index in [-0.39, 0.29) is 5.91 Å². The fraction of sp³-hybridized carbons (Fsp3) is 0.533. The highest BCUT2D eigenvalue weighted by Gasteiger charge is 2.37. The van der Waals surface area contributed by atoms with Crippen LogP contribution in [0.2, 0.25) is 0 Å². The first-order chi connectivity index (χ1) is 9.16. The van der Waals surface area contributed by atoms with E-state index in [2.05, 4.69) is 0 Å². The number of nitrogens with two attached hydrogens (primary N) is 2. The molecule has 4 heteroatoms. The van der Waals surface area contributed by atoms with Crippen LogP contribution in [0.25, 0.3) is 0 Å². The quantitative estimate of drug-likeness (QED) is 0.760. The van der Waals surface area contributed by atoms with Gasteiger partial charge in [0.05, 0.1) is 5.56 Å². The van der Waals surface area contributed by atoms with Crippen molar-refractivity contribution in [2.45, 2.75) is 38.1 Å². The number of fused-ring (bicyclic) bond motifs is 1. The Bertz CT molecular complexity index is 500. The predicted molar refractivity (Wildman–Crippen MR) is 76.7 cm³/mol. The lowest BCUT2D eigenvalue weighted by molar-refractivity contribution is 0.0549. The molecule has 1 saturated heterocycles. The van der Waals surface area contributed by atoms with Gasteiger partial charge in [-0.2, -0.15) is 0 Å². The van der Waals surface area contributed by atoms with Gasteiger partial charge >= 0.3 is 0 Å². The van der Waals surface area contributed by atoms with Crippen molar-refractivity contribution < 1.29 is 4.79 Å². The van der Waals surface area contributed by atoms with Gasteiger partial charge in [0.1, 0.15) is 0 Å². The van der Waals surface area contributed by atoms with Gasteiger partial charge in [-0.3, -0.25) is 4.79 Å². The highest BCUT2D eigenvalue weighted by Crippen LogP contribution is 2.37. The van der Waals surface area contributed by atoms with Crippen LogP contribution >= 0.6 is 0 Å². The molecule has 2 unspecified atom stereocenters. The third-order valence-electron chi connectivity index (χ3n) is 4.56. The van der Waals surface area contributed by atoms with E-state index in [0.717, 1.165) is 19.4 Å². The molecular weight excluding hydrogens is 238 g/mol. The molecule has 4 N–H and O–H groups in total. The number of anilines is 2. The van der Waals surface area contributed by atoms with Crippen LogP contribution in [0.3, 0.4) is 0 Å². The molecule has 1 aromatic rings. The molecule has 19 heavy (non-hydrogen) atoms. The minimum atomic E-state index is 0.0779. The molecule has 1 aliphatic heterocycles. The SMILES string of the molecule is Nc1ccc(C(=O)N2CCCC3CCCC32)c(N)c1. The smallest absolute Gasteiger partial charge is 0.256 e. The monoisotopic (exact) mass is 259 g/mol. The third-order valence-corrected chi connectivity index (χ3v) is 4.56. The van der Waals surface area contributed by atoms with Crippen LogP contribution < -0.4 is 11.5 Å². The summed E-state index contributed by atoms with van der Waals surface area (Å²) < 4.78 is 0. The first-order valence-corrected chi connectivity index (χ1v) is 7.13. The maximum absolute atomic E-state index is 12.7. The lowest BCUT2D eigenvalue weighted by Crippen LogP contribution is -2.46. The van der Waals surface area contributed by atoms with Crippen molar-refractivity contribution in [3.05, 3.63) is 23.8 Å². The number of rotatable bonds is 1. The molecule has 1 saturated carbocycles. The first-order valence-electron chi connectivity index (χ1n) is 7.13. The number of amides is 1. The van der Waals surface area contributed by atoms with Crippen molar-refractivity contribution in [3.8, 4) is 0 Å². The second-order valence-corrected chi connectivity index (χ2v) is 5.75. The van der Waals surface area contributed by atoms with Gasteiger partial charge < -0.3 is 16.4 Å². The highest BCUT2D eigenvalue weighted by atomic mass is 16.2. The molecule has 2 aliphatic rings. The molecule has 0 aromatic heterocycles. The maximum Gasteiger partial charge on any atom is 0.256 e. The topological polar surface area (TPSA) is 72.4 Å². The zero-order valence-corrected chi connectivity index (χ0v) is 11.1. The fourth-order valence-corrected chi connectivity index (χ4v) is 3.64. The molecule has 1 aromatic carbocycles. The van der Waals surface area contributed by atoms with Crippen LogP contribution in [0.5, 0.6) is 0 Å². The molecule has 2 fully saturated rings. The van der Waals surface area contributed by atoms with Gasteiger partial charge in [0, 0.05) is 24.0 Å². The maximum atomic E-state index is 12.7. The number of carbonyl (C=O) groups is 1. The molecule has 2 atom stereocenters.